The number of hydrogen-bond acceptors (Lipinski definition) is 3. The van der Waals surface area contributed by atoms with Crippen molar-refractivity contribution in [2.75, 3.05) is 7.05 Å². The van der Waals surface area contributed by atoms with E-state index in [1.165, 1.54) is 5.56 Å². The van der Waals surface area contributed by atoms with Crippen LogP contribution in [0.15, 0.2) is 35.6 Å². The highest BCUT2D eigenvalue weighted by atomic mass is 127. The van der Waals surface area contributed by atoms with Crippen LogP contribution in [0.1, 0.15) is 17.0 Å². The average Bonchev–Trinajstić information content (AvgIpc) is 2.86. The van der Waals surface area contributed by atoms with Gasteiger partial charge in [-0.05, 0) is 24.6 Å². The molecule has 2 rings (SSSR count). The van der Waals surface area contributed by atoms with Gasteiger partial charge in [0.15, 0.2) is 5.96 Å². The van der Waals surface area contributed by atoms with Crippen LogP contribution in [0.2, 0.25) is 0 Å². The Labute approximate surface area is 142 Å². The van der Waals surface area contributed by atoms with Crippen molar-refractivity contribution >= 4 is 29.9 Å². The number of nitrogens with one attached hydrogen (secondary N) is 2. The molecule has 0 saturated carbocycles. The van der Waals surface area contributed by atoms with E-state index in [2.05, 4.69) is 38.7 Å². The van der Waals surface area contributed by atoms with Gasteiger partial charge >= 0.3 is 0 Å². The zero-order valence-electron chi connectivity index (χ0n) is 12.5. The maximum Gasteiger partial charge on any atom is 0.191 e. The zero-order chi connectivity index (χ0) is 14.4. The van der Waals surface area contributed by atoms with Crippen molar-refractivity contribution in [3.63, 3.8) is 0 Å². The second-order valence-corrected chi connectivity index (χ2v) is 4.49. The first kappa shape index (κ1) is 17.4. The van der Waals surface area contributed by atoms with E-state index in [1.807, 2.05) is 23.9 Å². The van der Waals surface area contributed by atoms with E-state index >= 15 is 0 Å². The van der Waals surface area contributed by atoms with E-state index in [9.17, 15) is 0 Å². The number of nitrogens with zero attached hydrogens (tertiary/aromatic N) is 4. The van der Waals surface area contributed by atoms with Crippen molar-refractivity contribution in [2.45, 2.75) is 20.0 Å². The molecule has 0 aliphatic heterocycles. The van der Waals surface area contributed by atoms with Crippen LogP contribution in [0.25, 0.3) is 0 Å². The normalized spacial score (nSPS) is 10.9. The Bertz CT molecular complexity index is 593. The fourth-order valence-corrected chi connectivity index (χ4v) is 1.84. The maximum absolute atomic E-state index is 4.35. The molecule has 0 aliphatic rings. The van der Waals surface area contributed by atoms with Crippen LogP contribution < -0.4 is 10.6 Å². The summed E-state index contributed by atoms with van der Waals surface area (Å²) in [6.45, 7) is 3.38. The molecule has 2 N–H and O–H groups in total. The molecule has 2 aromatic rings. The Hall–Kier alpha value is -1.64. The molecule has 0 bridgehead atoms. The number of guanidine groups is 1. The Kier molecular flexibility index (Phi) is 7.13. The fourth-order valence-electron chi connectivity index (χ4n) is 1.84. The average molecular weight is 400 g/mol. The molecule has 0 amide bonds. The van der Waals surface area contributed by atoms with Gasteiger partial charge in [0.2, 0.25) is 0 Å². The molecule has 0 atom stereocenters. The van der Waals surface area contributed by atoms with E-state index in [4.69, 9.17) is 0 Å². The zero-order valence-corrected chi connectivity index (χ0v) is 14.8. The fraction of sp³-hybridized carbons (Fsp3) is 0.357. The quantitative estimate of drug-likeness (QED) is 0.465. The molecule has 0 spiro atoms. The maximum atomic E-state index is 4.35. The van der Waals surface area contributed by atoms with Gasteiger partial charge in [0.25, 0.3) is 0 Å². The number of hydrogen-bond donors (Lipinski definition) is 2. The lowest BCUT2D eigenvalue weighted by atomic mass is 10.2. The van der Waals surface area contributed by atoms with Crippen molar-refractivity contribution in [2.24, 2.45) is 12.0 Å². The number of pyridine rings is 1. The van der Waals surface area contributed by atoms with Crippen LogP contribution in [0.3, 0.4) is 0 Å². The van der Waals surface area contributed by atoms with E-state index in [0.717, 1.165) is 17.3 Å². The predicted molar refractivity (Wildman–Crippen MR) is 94.6 cm³/mol. The molecule has 0 fully saturated rings. The molecular weight excluding hydrogens is 379 g/mol. The smallest absolute Gasteiger partial charge is 0.191 e. The molecule has 0 radical (unpaired) electrons. The van der Waals surface area contributed by atoms with Crippen molar-refractivity contribution in [1.29, 1.82) is 0 Å². The number of aromatic nitrogens is 3. The second-order valence-electron chi connectivity index (χ2n) is 4.49. The summed E-state index contributed by atoms with van der Waals surface area (Å²) in [5.74, 6) is 0.747. The summed E-state index contributed by atoms with van der Waals surface area (Å²) in [6, 6.07) is 5.97. The first-order valence-electron chi connectivity index (χ1n) is 6.52. The minimum absolute atomic E-state index is 0. The first-order valence-corrected chi connectivity index (χ1v) is 6.52. The van der Waals surface area contributed by atoms with Crippen molar-refractivity contribution in [1.82, 2.24) is 25.4 Å². The van der Waals surface area contributed by atoms with E-state index in [-0.39, 0.29) is 24.0 Å². The predicted octanol–water partition coefficient (Wildman–Crippen LogP) is 1.61. The molecule has 0 saturated heterocycles. The van der Waals surface area contributed by atoms with Crippen molar-refractivity contribution in [3.05, 3.63) is 47.5 Å². The molecule has 2 heterocycles. The van der Waals surface area contributed by atoms with Crippen molar-refractivity contribution in [3.8, 4) is 0 Å². The SMILES string of the molecule is CN=C(NCc1ncccc1C)NCc1ccnn1C.I. The third-order valence-electron chi connectivity index (χ3n) is 3.12. The third kappa shape index (κ3) is 5.00. The molecule has 0 aliphatic carbocycles. The highest BCUT2D eigenvalue weighted by molar-refractivity contribution is 14.0. The van der Waals surface area contributed by atoms with Crippen LogP contribution >= 0.6 is 24.0 Å². The largest absolute Gasteiger partial charge is 0.351 e. The van der Waals surface area contributed by atoms with Crippen LogP contribution in [-0.2, 0) is 20.1 Å². The summed E-state index contributed by atoms with van der Waals surface area (Å²) in [4.78, 5) is 8.55. The number of aryl methyl sites for hydroxylation is 2. The van der Waals surface area contributed by atoms with Gasteiger partial charge < -0.3 is 10.6 Å². The van der Waals surface area contributed by atoms with Crippen molar-refractivity contribution < 1.29 is 0 Å². The lowest BCUT2D eigenvalue weighted by Gasteiger charge is -2.12. The molecule has 21 heavy (non-hydrogen) atoms. The topological polar surface area (TPSA) is 67.1 Å². The van der Waals surface area contributed by atoms with Gasteiger partial charge in [0.05, 0.1) is 24.5 Å². The van der Waals surface area contributed by atoms with E-state index in [1.54, 1.807) is 19.4 Å². The number of rotatable bonds is 4. The lowest BCUT2D eigenvalue weighted by Crippen LogP contribution is -2.37. The van der Waals surface area contributed by atoms with Crippen LogP contribution in [0.4, 0.5) is 0 Å². The lowest BCUT2D eigenvalue weighted by molar-refractivity contribution is 0.683. The minimum Gasteiger partial charge on any atom is -0.351 e. The van der Waals surface area contributed by atoms with Gasteiger partial charge in [0, 0.05) is 26.5 Å². The number of aliphatic imine (C=N–C) groups is 1. The molecule has 2 aromatic heterocycles. The van der Waals surface area contributed by atoms with Gasteiger partial charge in [-0.2, -0.15) is 5.10 Å². The van der Waals surface area contributed by atoms with E-state index < -0.39 is 0 Å². The van der Waals surface area contributed by atoms with Gasteiger partial charge in [-0.1, -0.05) is 6.07 Å². The van der Waals surface area contributed by atoms with Gasteiger partial charge in [-0.15, -0.1) is 24.0 Å². The Morgan fingerprint density at radius 2 is 2.00 bits per heavy atom. The monoisotopic (exact) mass is 400 g/mol. The molecule has 0 aromatic carbocycles. The summed E-state index contributed by atoms with van der Waals surface area (Å²) in [6.07, 6.45) is 3.58. The first-order chi connectivity index (χ1) is 9.70. The van der Waals surface area contributed by atoms with Gasteiger partial charge in [-0.3, -0.25) is 14.7 Å². The standard InChI is InChI=1S/C14H20N6.HI/c1-11-5-4-7-16-13(11)10-18-14(15-2)17-9-12-6-8-19-20(12)3;/h4-8H,9-10H2,1-3H3,(H2,15,17,18);1H. The minimum atomic E-state index is 0. The summed E-state index contributed by atoms with van der Waals surface area (Å²) < 4.78 is 1.84. The summed E-state index contributed by atoms with van der Waals surface area (Å²) in [5, 5.41) is 10.6. The van der Waals surface area contributed by atoms with Crippen LogP contribution in [0.5, 0.6) is 0 Å². The molecule has 6 nitrogen and oxygen atoms in total. The highest BCUT2D eigenvalue weighted by Gasteiger charge is 2.03. The summed E-state index contributed by atoms with van der Waals surface area (Å²) in [5.41, 5.74) is 3.29. The van der Waals surface area contributed by atoms with Gasteiger partial charge in [-0.25, -0.2) is 0 Å². The third-order valence-corrected chi connectivity index (χ3v) is 3.12. The molecular formula is C14H21IN6. The Morgan fingerprint density at radius 1 is 1.24 bits per heavy atom. The molecule has 0 unspecified atom stereocenters. The van der Waals surface area contributed by atoms with E-state index in [0.29, 0.717) is 13.1 Å². The summed E-state index contributed by atoms with van der Waals surface area (Å²) in [7, 11) is 3.67. The molecule has 114 valence electrons. The Morgan fingerprint density at radius 3 is 2.62 bits per heavy atom. The van der Waals surface area contributed by atoms with Gasteiger partial charge in [0.1, 0.15) is 0 Å². The Balaban J connectivity index is 0.00000220. The second kappa shape index (κ2) is 8.60. The van der Waals surface area contributed by atoms with Crippen LogP contribution in [-0.4, -0.2) is 27.8 Å². The van der Waals surface area contributed by atoms with Crippen LogP contribution in [0, 0.1) is 6.92 Å². The number of halogens is 1. The highest BCUT2D eigenvalue weighted by Crippen LogP contribution is 2.02. The molecule has 7 heteroatoms. The summed E-state index contributed by atoms with van der Waals surface area (Å²) >= 11 is 0.